The number of likely N-dealkylation sites (tertiary alicyclic amines) is 1. The standard InChI is InChI=1S/C16H26N2O3/c19-15(20)12-6-7-18(10-12)16(21)17-9-13-8-14(13)11-4-2-1-3-5-11/h11-14H,1-10H2,(H,17,21)(H,19,20)/t12?,13-,14-/m0/s1. The molecular formula is C16H26N2O3. The first-order valence-corrected chi connectivity index (χ1v) is 8.40. The highest BCUT2D eigenvalue weighted by Gasteiger charge is 2.43. The summed E-state index contributed by atoms with van der Waals surface area (Å²) in [5.41, 5.74) is 0. The van der Waals surface area contributed by atoms with Gasteiger partial charge in [-0.3, -0.25) is 4.79 Å². The second kappa shape index (κ2) is 6.24. The maximum Gasteiger partial charge on any atom is 0.317 e. The molecule has 5 heteroatoms. The number of amides is 2. The van der Waals surface area contributed by atoms with Crippen LogP contribution in [-0.4, -0.2) is 41.6 Å². The number of carboxylic acids is 1. The fraction of sp³-hybridized carbons (Fsp3) is 0.875. The van der Waals surface area contributed by atoms with Crippen molar-refractivity contribution in [3.8, 4) is 0 Å². The third kappa shape index (κ3) is 3.50. The fourth-order valence-corrected chi connectivity index (χ4v) is 4.12. The van der Waals surface area contributed by atoms with Crippen molar-refractivity contribution in [2.75, 3.05) is 19.6 Å². The van der Waals surface area contributed by atoms with Crippen LogP contribution in [0.5, 0.6) is 0 Å². The largest absolute Gasteiger partial charge is 0.481 e. The molecule has 5 nitrogen and oxygen atoms in total. The van der Waals surface area contributed by atoms with E-state index in [1.54, 1.807) is 4.90 Å². The smallest absolute Gasteiger partial charge is 0.317 e. The third-order valence-electron chi connectivity index (χ3n) is 5.57. The molecule has 1 heterocycles. The van der Waals surface area contributed by atoms with Gasteiger partial charge in [0.05, 0.1) is 5.92 Å². The lowest BCUT2D eigenvalue weighted by atomic mass is 9.85. The molecule has 2 saturated carbocycles. The van der Waals surface area contributed by atoms with Gasteiger partial charge in [0.15, 0.2) is 0 Å². The number of urea groups is 1. The summed E-state index contributed by atoms with van der Waals surface area (Å²) in [7, 11) is 0. The van der Waals surface area contributed by atoms with E-state index in [9.17, 15) is 9.59 Å². The minimum atomic E-state index is -0.787. The Bertz CT molecular complexity index is 406. The number of rotatable bonds is 4. The van der Waals surface area contributed by atoms with Crippen molar-refractivity contribution < 1.29 is 14.7 Å². The number of nitrogens with zero attached hydrogens (tertiary/aromatic N) is 1. The zero-order valence-corrected chi connectivity index (χ0v) is 12.6. The molecule has 0 bridgehead atoms. The lowest BCUT2D eigenvalue weighted by molar-refractivity contribution is -0.141. The predicted molar refractivity (Wildman–Crippen MR) is 78.9 cm³/mol. The first-order chi connectivity index (χ1) is 10.1. The second-order valence-corrected chi connectivity index (χ2v) is 7.01. The molecule has 1 unspecified atom stereocenters. The van der Waals surface area contributed by atoms with Crippen molar-refractivity contribution >= 4 is 12.0 Å². The molecule has 0 aromatic carbocycles. The van der Waals surface area contributed by atoms with Crippen LogP contribution in [0.15, 0.2) is 0 Å². The lowest BCUT2D eigenvalue weighted by Crippen LogP contribution is -2.40. The Balaban J connectivity index is 1.36. The van der Waals surface area contributed by atoms with Crippen molar-refractivity contribution in [3.63, 3.8) is 0 Å². The van der Waals surface area contributed by atoms with Crippen LogP contribution in [0.25, 0.3) is 0 Å². The van der Waals surface area contributed by atoms with Crippen molar-refractivity contribution in [1.82, 2.24) is 10.2 Å². The number of carbonyl (C=O) groups excluding carboxylic acids is 1. The monoisotopic (exact) mass is 294 g/mol. The second-order valence-electron chi connectivity index (χ2n) is 7.01. The molecule has 118 valence electrons. The van der Waals surface area contributed by atoms with E-state index in [4.69, 9.17) is 5.11 Å². The summed E-state index contributed by atoms with van der Waals surface area (Å²) < 4.78 is 0. The van der Waals surface area contributed by atoms with Crippen molar-refractivity contribution in [3.05, 3.63) is 0 Å². The Kier molecular flexibility index (Phi) is 4.36. The van der Waals surface area contributed by atoms with Crippen LogP contribution in [0.2, 0.25) is 0 Å². The molecule has 0 aromatic heterocycles. The predicted octanol–water partition coefficient (Wildman–Crippen LogP) is 2.32. The van der Waals surface area contributed by atoms with Crippen LogP contribution in [0.1, 0.15) is 44.9 Å². The van der Waals surface area contributed by atoms with Gasteiger partial charge in [-0.25, -0.2) is 4.79 Å². The highest BCUT2D eigenvalue weighted by Crippen LogP contribution is 2.48. The molecular weight excluding hydrogens is 268 g/mol. The van der Waals surface area contributed by atoms with E-state index in [2.05, 4.69) is 5.32 Å². The van der Waals surface area contributed by atoms with E-state index in [1.165, 1.54) is 38.5 Å². The maximum atomic E-state index is 12.1. The number of hydrogen-bond acceptors (Lipinski definition) is 2. The summed E-state index contributed by atoms with van der Waals surface area (Å²) in [6.45, 7) is 1.70. The van der Waals surface area contributed by atoms with Crippen LogP contribution < -0.4 is 5.32 Å². The highest BCUT2D eigenvalue weighted by molar-refractivity contribution is 5.77. The van der Waals surface area contributed by atoms with Crippen LogP contribution in [0.3, 0.4) is 0 Å². The number of nitrogens with one attached hydrogen (secondary N) is 1. The topological polar surface area (TPSA) is 69.6 Å². The van der Waals surface area contributed by atoms with Gasteiger partial charge in [0.25, 0.3) is 0 Å². The van der Waals surface area contributed by atoms with E-state index in [0.717, 1.165) is 18.4 Å². The summed E-state index contributed by atoms with van der Waals surface area (Å²) in [5.74, 6) is 1.21. The van der Waals surface area contributed by atoms with Crippen LogP contribution in [0, 0.1) is 23.7 Å². The average molecular weight is 294 g/mol. The quantitative estimate of drug-likeness (QED) is 0.836. The summed E-state index contributed by atoms with van der Waals surface area (Å²) in [4.78, 5) is 24.6. The molecule has 21 heavy (non-hydrogen) atoms. The van der Waals surface area contributed by atoms with Crippen LogP contribution in [-0.2, 0) is 4.79 Å². The van der Waals surface area contributed by atoms with Gasteiger partial charge in [0.2, 0.25) is 0 Å². The van der Waals surface area contributed by atoms with Crippen LogP contribution >= 0.6 is 0 Å². The number of carboxylic acid groups (broad SMARTS) is 1. The molecule has 3 fully saturated rings. The molecule has 1 saturated heterocycles. The van der Waals surface area contributed by atoms with Gasteiger partial charge in [0.1, 0.15) is 0 Å². The van der Waals surface area contributed by atoms with Crippen molar-refractivity contribution in [2.45, 2.75) is 44.9 Å². The van der Waals surface area contributed by atoms with Crippen LogP contribution in [0.4, 0.5) is 4.79 Å². The van der Waals surface area contributed by atoms with Gasteiger partial charge in [-0.05, 0) is 30.6 Å². The molecule has 2 amide bonds. The van der Waals surface area contributed by atoms with Gasteiger partial charge < -0.3 is 15.3 Å². The lowest BCUT2D eigenvalue weighted by Gasteiger charge is -2.22. The first-order valence-electron chi connectivity index (χ1n) is 8.40. The first kappa shape index (κ1) is 14.7. The highest BCUT2D eigenvalue weighted by atomic mass is 16.4. The molecule has 3 rings (SSSR count). The Labute approximate surface area is 126 Å². The number of hydrogen-bond donors (Lipinski definition) is 2. The van der Waals surface area contributed by atoms with E-state index in [-0.39, 0.29) is 11.9 Å². The Morgan fingerprint density at radius 1 is 1.14 bits per heavy atom. The van der Waals surface area contributed by atoms with Gasteiger partial charge in [0, 0.05) is 19.6 Å². The molecule has 0 aromatic rings. The Morgan fingerprint density at radius 2 is 1.90 bits per heavy atom. The Morgan fingerprint density at radius 3 is 2.57 bits per heavy atom. The summed E-state index contributed by atoms with van der Waals surface area (Å²) >= 11 is 0. The molecule has 0 radical (unpaired) electrons. The summed E-state index contributed by atoms with van der Waals surface area (Å²) in [6.07, 6.45) is 8.75. The van der Waals surface area contributed by atoms with Gasteiger partial charge in [-0.15, -0.1) is 0 Å². The number of aliphatic carboxylic acids is 1. The van der Waals surface area contributed by atoms with Gasteiger partial charge >= 0.3 is 12.0 Å². The molecule has 3 atom stereocenters. The normalized spacial score (nSPS) is 33.0. The van der Waals surface area contributed by atoms with Gasteiger partial charge in [-0.1, -0.05) is 32.1 Å². The van der Waals surface area contributed by atoms with Gasteiger partial charge in [-0.2, -0.15) is 0 Å². The van der Waals surface area contributed by atoms with Crippen molar-refractivity contribution in [1.29, 1.82) is 0 Å². The van der Waals surface area contributed by atoms with E-state index < -0.39 is 5.97 Å². The van der Waals surface area contributed by atoms with Crippen molar-refractivity contribution in [2.24, 2.45) is 23.7 Å². The molecule has 2 N–H and O–H groups in total. The molecule has 1 aliphatic heterocycles. The SMILES string of the molecule is O=C(O)C1CCN(C(=O)NC[C@@H]2C[C@H]2C2CCCCC2)C1. The molecule has 2 aliphatic carbocycles. The zero-order chi connectivity index (χ0) is 14.8. The molecule has 0 spiro atoms. The summed E-state index contributed by atoms with van der Waals surface area (Å²) in [5, 5.41) is 12.0. The third-order valence-corrected chi connectivity index (χ3v) is 5.57. The average Bonchev–Trinajstić information content (AvgIpc) is 3.09. The van der Waals surface area contributed by atoms with E-state index in [0.29, 0.717) is 25.4 Å². The number of carbonyl (C=O) groups is 2. The van der Waals surface area contributed by atoms with E-state index >= 15 is 0 Å². The minimum Gasteiger partial charge on any atom is -0.481 e. The summed E-state index contributed by atoms with van der Waals surface area (Å²) in [6, 6.07) is -0.0759. The minimum absolute atomic E-state index is 0.0759. The zero-order valence-electron chi connectivity index (χ0n) is 12.6. The van der Waals surface area contributed by atoms with E-state index in [1.807, 2.05) is 0 Å². The maximum absolute atomic E-state index is 12.1. The molecule has 3 aliphatic rings. The fourth-order valence-electron chi connectivity index (χ4n) is 4.12. The Hall–Kier alpha value is -1.26.